The number of carbonyl (C=O) groups excluding carboxylic acids is 2. The third kappa shape index (κ3) is 5.48. The molecule has 0 bridgehead atoms. The van der Waals surface area contributed by atoms with E-state index in [2.05, 4.69) is 27.6 Å². The zero-order valence-electron chi connectivity index (χ0n) is 18.6. The number of amides is 2. The van der Waals surface area contributed by atoms with Gasteiger partial charge in [0.1, 0.15) is 0 Å². The lowest BCUT2D eigenvalue weighted by Crippen LogP contribution is -2.51. The van der Waals surface area contributed by atoms with E-state index in [1.807, 2.05) is 29.4 Å². The van der Waals surface area contributed by atoms with Gasteiger partial charge in [-0.15, -0.1) is 5.10 Å². The summed E-state index contributed by atoms with van der Waals surface area (Å²) in [6.45, 7) is 3.12. The zero-order chi connectivity index (χ0) is 22.3. The zero-order valence-corrected chi connectivity index (χ0v) is 19.4. The van der Waals surface area contributed by atoms with Crippen molar-refractivity contribution in [2.45, 2.75) is 25.7 Å². The van der Waals surface area contributed by atoms with Crippen molar-refractivity contribution in [2.24, 2.45) is 11.8 Å². The van der Waals surface area contributed by atoms with Crippen LogP contribution in [-0.2, 0) is 16.0 Å². The summed E-state index contributed by atoms with van der Waals surface area (Å²) in [6, 6.07) is 11.9. The highest BCUT2D eigenvalue weighted by molar-refractivity contribution is 7.98. The highest BCUT2D eigenvalue weighted by Crippen LogP contribution is 2.28. The van der Waals surface area contributed by atoms with E-state index < -0.39 is 0 Å². The van der Waals surface area contributed by atoms with Gasteiger partial charge in [-0.3, -0.25) is 14.5 Å². The van der Waals surface area contributed by atoms with Crippen molar-refractivity contribution >= 4 is 35.1 Å². The third-order valence-corrected chi connectivity index (χ3v) is 6.96. The molecule has 170 valence electrons. The maximum Gasteiger partial charge on any atom is 0.238 e. The Hall–Kier alpha value is -2.45. The number of rotatable bonds is 8. The number of aromatic nitrogens is 2. The van der Waals surface area contributed by atoms with Crippen LogP contribution in [0.25, 0.3) is 0 Å². The fourth-order valence-electron chi connectivity index (χ4n) is 4.28. The van der Waals surface area contributed by atoms with Gasteiger partial charge >= 0.3 is 0 Å². The summed E-state index contributed by atoms with van der Waals surface area (Å²) in [6.07, 6.45) is 7.39. The van der Waals surface area contributed by atoms with Crippen LogP contribution in [-0.4, -0.2) is 65.1 Å². The van der Waals surface area contributed by atoms with Crippen molar-refractivity contribution in [3.05, 3.63) is 48.2 Å². The topological polar surface area (TPSA) is 78.4 Å². The Kier molecular flexibility index (Phi) is 7.76. The lowest BCUT2D eigenvalue weighted by atomic mass is 9.90. The minimum Gasteiger partial charge on any atom is -0.343 e. The predicted octanol–water partition coefficient (Wildman–Crippen LogP) is 2.89. The monoisotopic (exact) mass is 453 g/mol. The number of nitrogens with zero attached hydrogens (tertiary/aromatic N) is 4. The highest BCUT2D eigenvalue weighted by Gasteiger charge is 2.32. The number of hydrogen-bond donors (Lipinski definition) is 1. The molecule has 2 aromatic rings. The van der Waals surface area contributed by atoms with Gasteiger partial charge in [0, 0.05) is 44.5 Å². The Morgan fingerprint density at radius 1 is 1.16 bits per heavy atom. The van der Waals surface area contributed by atoms with E-state index in [9.17, 15) is 9.59 Å². The molecule has 32 heavy (non-hydrogen) atoms. The lowest BCUT2D eigenvalue weighted by Gasteiger charge is -2.32. The summed E-state index contributed by atoms with van der Waals surface area (Å²) < 4.78 is 0. The second kappa shape index (κ2) is 10.9. The molecule has 1 aromatic heterocycles. The smallest absolute Gasteiger partial charge is 0.238 e. The molecule has 2 aliphatic rings. The van der Waals surface area contributed by atoms with Crippen molar-refractivity contribution in [2.75, 3.05) is 43.1 Å². The molecular formula is C24H31N5O2S. The van der Waals surface area contributed by atoms with Gasteiger partial charge in [-0.25, -0.2) is 0 Å². The molecule has 0 spiro atoms. The lowest BCUT2D eigenvalue weighted by molar-refractivity contribution is -0.132. The van der Waals surface area contributed by atoms with Gasteiger partial charge in [0.25, 0.3) is 0 Å². The van der Waals surface area contributed by atoms with Crippen LogP contribution < -0.4 is 10.2 Å². The Balaban J connectivity index is 1.38. The molecule has 3 heterocycles. The van der Waals surface area contributed by atoms with Crippen molar-refractivity contribution in [3.63, 3.8) is 0 Å². The second-order valence-corrected chi connectivity index (χ2v) is 9.53. The van der Waals surface area contributed by atoms with E-state index in [1.54, 1.807) is 28.9 Å². The number of hydrogen-bond acceptors (Lipinski definition) is 6. The fraction of sp³-hybridized carbons (Fsp3) is 0.500. The van der Waals surface area contributed by atoms with Crippen molar-refractivity contribution < 1.29 is 9.59 Å². The quantitative estimate of drug-likeness (QED) is 0.662. The van der Waals surface area contributed by atoms with E-state index in [1.165, 1.54) is 5.56 Å². The van der Waals surface area contributed by atoms with E-state index in [0.717, 1.165) is 43.8 Å². The fourth-order valence-corrected chi connectivity index (χ4v) is 4.66. The minimum atomic E-state index is -0.0273. The summed E-state index contributed by atoms with van der Waals surface area (Å²) in [5.74, 6) is 2.35. The van der Waals surface area contributed by atoms with Crippen molar-refractivity contribution in [1.82, 2.24) is 20.4 Å². The van der Waals surface area contributed by atoms with Crippen LogP contribution in [0.4, 0.5) is 11.5 Å². The molecule has 2 fully saturated rings. The normalized spacial score (nSPS) is 17.1. The Morgan fingerprint density at radius 2 is 1.91 bits per heavy atom. The van der Waals surface area contributed by atoms with E-state index in [-0.39, 0.29) is 17.7 Å². The third-order valence-electron chi connectivity index (χ3n) is 6.34. The van der Waals surface area contributed by atoms with Gasteiger partial charge in [-0.2, -0.15) is 16.9 Å². The van der Waals surface area contributed by atoms with Crippen LogP contribution in [0, 0.1) is 11.8 Å². The van der Waals surface area contributed by atoms with Crippen LogP contribution in [0.2, 0.25) is 0 Å². The number of anilines is 2. The van der Waals surface area contributed by atoms with Crippen LogP contribution in [0.3, 0.4) is 0 Å². The van der Waals surface area contributed by atoms with Crippen molar-refractivity contribution in [3.8, 4) is 0 Å². The molecule has 0 aliphatic carbocycles. The first kappa shape index (κ1) is 22.7. The molecule has 1 N–H and O–H groups in total. The summed E-state index contributed by atoms with van der Waals surface area (Å²) in [4.78, 5) is 29.0. The summed E-state index contributed by atoms with van der Waals surface area (Å²) in [5.41, 5.74) is 2.08. The van der Waals surface area contributed by atoms with E-state index in [4.69, 9.17) is 0 Å². The molecule has 0 atom stereocenters. The largest absolute Gasteiger partial charge is 0.343 e. The molecule has 4 rings (SSSR count). The molecule has 2 saturated heterocycles. The number of carbonyl (C=O) groups is 2. The molecule has 2 amide bonds. The number of thioether (sulfide) groups is 1. The standard InChI is InChI=1S/C24H31N5O2S/c1-32-14-10-23(30)28-12-8-19(9-13-28)15-18-4-6-21(7-5-18)29(22-3-2-11-26-27-22)24(31)20-16-25-17-20/h2-7,11,19-20,25H,8-10,12-17H2,1H3. The first-order chi connectivity index (χ1) is 15.7. The molecular weight excluding hydrogens is 422 g/mol. The molecule has 1 aromatic carbocycles. The molecule has 8 heteroatoms. The van der Waals surface area contributed by atoms with Gasteiger partial charge in [-0.1, -0.05) is 12.1 Å². The van der Waals surface area contributed by atoms with Gasteiger partial charge in [0.2, 0.25) is 11.8 Å². The predicted molar refractivity (Wildman–Crippen MR) is 128 cm³/mol. The molecule has 0 radical (unpaired) electrons. The maximum absolute atomic E-state index is 13.1. The number of benzene rings is 1. The number of piperidine rings is 1. The maximum atomic E-state index is 13.1. The van der Waals surface area contributed by atoms with E-state index >= 15 is 0 Å². The van der Waals surface area contributed by atoms with Gasteiger partial charge in [0.05, 0.1) is 11.6 Å². The number of nitrogens with one attached hydrogen (secondary N) is 1. The van der Waals surface area contributed by atoms with Crippen LogP contribution in [0.15, 0.2) is 42.6 Å². The molecule has 7 nitrogen and oxygen atoms in total. The first-order valence-corrected chi connectivity index (χ1v) is 12.7. The molecule has 0 unspecified atom stereocenters. The highest BCUT2D eigenvalue weighted by atomic mass is 32.2. The average molecular weight is 454 g/mol. The number of likely N-dealkylation sites (tertiary alicyclic amines) is 1. The van der Waals surface area contributed by atoms with Crippen LogP contribution >= 0.6 is 11.8 Å². The summed E-state index contributed by atoms with van der Waals surface area (Å²) in [5, 5.41) is 11.3. The van der Waals surface area contributed by atoms with Gasteiger partial charge < -0.3 is 10.2 Å². The summed E-state index contributed by atoms with van der Waals surface area (Å²) in [7, 11) is 0. The summed E-state index contributed by atoms with van der Waals surface area (Å²) >= 11 is 1.72. The van der Waals surface area contributed by atoms with Crippen molar-refractivity contribution in [1.29, 1.82) is 0 Å². The van der Waals surface area contributed by atoms with Gasteiger partial charge in [0.15, 0.2) is 5.82 Å². The van der Waals surface area contributed by atoms with E-state index in [0.29, 0.717) is 31.2 Å². The van der Waals surface area contributed by atoms with Crippen LogP contribution in [0.5, 0.6) is 0 Å². The second-order valence-electron chi connectivity index (χ2n) is 8.55. The van der Waals surface area contributed by atoms with Crippen LogP contribution in [0.1, 0.15) is 24.8 Å². The Labute approximate surface area is 194 Å². The Morgan fingerprint density at radius 3 is 2.50 bits per heavy atom. The Bertz CT molecular complexity index is 896. The molecule has 2 aliphatic heterocycles. The molecule has 0 saturated carbocycles. The minimum absolute atomic E-state index is 0.0273. The van der Waals surface area contributed by atoms with Gasteiger partial charge in [-0.05, 0) is 61.3 Å². The average Bonchev–Trinajstić information content (AvgIpc) is 2.79. The SMILES string of the molecule is CSCCC(=O)N1CCC(Cc2ccc(N(C(=O)C3CNC3)c3cccnn3)cc2)CC1. The first-order valence-electron chi connectivity index (χ1n) is 11.3.